The van der Waals surface area contributed by atoms with E-state index in [0.29, 0.717) is 5.75 Å². The summed E-state index contributed by atoms with van der Waals surface area (Å²) in [6.45, 7) is 5.57. The number of hydrogen-bond donors (Lipinski definition) is 0. The lowest BCUT2D eigenvalue weighted by Gasteiger charge is -2.23. The van der Waals surface area contributed by atoms with Gasteiger partial charge in [0.1, 0.15) is 5.75 Å². The van der Waals surface area contributed by atoms with Crippen molar-refractivity contribution < 1.29 is 14.3 Å². The highest BCUT2D eigenvalue weighted by atomic mass is 16.6. The van der Waals surface area contributed by atoms with Crippen LogP contribution in [0.3, 0.4) is 0 Å². The van der Waals surface area contributed by atoms with Gasteiger partial charge in [-0.15, -0.1) is 0 Å². The summed E-state index contributed by atoms with van der Waals surface area (Å²) >= 11 is 0. The Bertz CT molecular complexity index is 610. The molecule has 0 amide bonds. The maximum absolute atomic E-state index is 11.4. The molecule has 1 unspecified atom stereocenters. The predicted molar refractivity (Wildman–Crippen MR) is 91.7 cm³/mol. The fraction of sp³-hybridized carbons (Fsp3) is 0.316. The molecule has 0 radical (unpaired) electrons. The minimum absolute atomic E-state index is 0.379. The van der Waals surface area contributed by atoms with Crippen LogP contribution < -0.4 is 9.64 Å². The number of esters is 1. The van der Waals surface area contributed by atoms with Crippen LogP contribution >= 0.6 is 0 Å². The Morgan fingerprint density at radius 3 is 2.30 bits per heavy atom. The third-order valence-electron chi connectivity index (χ3n) is 3.65. The van der Waals surface area contributed by atoms with Crippen LogP contribution in [0.2, 0.25) is 0 Å². The zero-order valence-electron chi connectivity index (χ0n) is 13.9. The third-order valence-corrected chi connectivity index (χ3v) is 3.65. The largest absolute Gasteiger partial charge is 0.479 e. The van der Waals surface area contributed by atoms with Gasteiger partial charge >= 0.3 is 5.97 Å². The molecular weight excluding hydrogens is 290 g/mol. The number of anilines is 1. The number of hydrogen-bond acceptors (Lipinski definition) is 4. The van der Waals surface area contributed by atoms with Gasteiger partial charge in [-0.3, -0.25) is 0 Å². The Labute approximate surface area is 137 Å². The molecule has 0 heterocycles. The topological polar surface area (TPSA) is 38.8 Å². The Kier molecular flexibility index (Phi) is 6.03. The molecule has 1 atom stereocenters. The van der Waals surface area contributed by atoms with Crippen molar-refractivity contribution >= 4 is 11.7 Å². The lowest BCUT2D eigenvalue weighted by atomic mass is 10.2. The molecule has 0 aromatic heterocycles. The normalized spacial score (nSPS) is 11.6. The molecule has 0 N–H and O–H groups in total. The Balaban J connectivity index is 2.00. The molecule has 0 bridgehead atoms. The third kappa shape index (κ3) is 4.74. The molecule has 0 aliphatic rings. The molecule has 23 heavy (non-hydrogen) atoms. The Morgan fingerprint density at radius 1 is 1.09 bits per heavy atom. The summed E-state index contributed by atoms with van der Waals surface area (Å²) in [7, 11) is 1.36. The minimum Gasteiger partial charge on any atom is -0.479 e. The number of nitrogens with zero attached hydrogens (tertiary/aromatic N) is 1. The summed E-state index contributed by atoms with van der Waals surface area (Å²) in [6.07, 6.45) is -0.609. The van der Waals surface area contributed by atoms with Gasteiger partial charge in [0.25, 0.3) is 0 Å². The molecule has 4 nitrogen and oxygen atoms in total. The molecule has 2 rings (SSSR count). The van der Waals surface area contributed by atoms with Crippen molar-refractivity contribution in [3.05, 3.63) is 60.2 Å². The van der Waals surface area contributed by atoms with E-state index in [1.807, 2.05) is 42.5 Å². The van der Waals surface area contributed by atoms with E-state index < -0.39 is 6.10 Å². The van der Waals surface area contributed by atoms with E-state index >= 15 is 0 Å². The smallest absolute Gasteiger partial charge is 0.346 e. The standard InChI is InChI=1S/C19H23NO3/c1-4-20(17-8-6-5-7-9-17)14-16-10-12-18(13-11-16)23-15(2)19(21)22-3/h5-13,15H,4,14H2,1-3H3. The summed E-state index contributed by atoms with van der Waals surface area (Å²) < 4.78 is 10.2. The van der Waals surface area contributed by atoms with Crippen LogP contribution in [0.4, 0.5) is 5.69 Å². The number of benzene rings is 2. The maximum atomic E-state index is 11.4. The molecule has 2 aromatic rings. The summed E-state index contributed by atoms with van der Waals surface area (Å²) in [5, 5.41) is 0. The Morgan fingerprint density at radius 2 is 1.74 bits per heavy atom. The van der Waals surface area contributed by atoms with Gasteiger partial charge in [0.05, 0.1) is 7.11 Å². The number of ether oxygens (including phenoxy) is 2. The highest BCUT2D eigenvalue weighted by Crippen LogP contribution is 2.19. The van der Waals surface area contributed by atoms with Gasteiger partial charge in [0.15, 0.2) is 6.10 Å². The highest BCUT2D eigenvalue weighted by molar-refractivity contribution is 5.74. The second kappa shape index (κ2) is 8.22. The van der Waals surface area contributed by atoms with Gasteiger partial charge in [-0.1, -0.05) is 30.3 Å². The molecule has 0 saturated carbocycles. The van der Waals surface area contributed by atoms with Crippen LogP contribution in [0.1, 0.15) is 19.4 Å². The molecule has 122 valence electrons. The predicted octanol–water partition coefficient (Wildman–Crippen LogP) is 3.65. The van der Waals surface area contributed by atoms with E-state index in [0.717, 1.165) is 13.1 Å². The first-order chi connectivity index (χ1) is 11.1. The zero-order valence-corrected chi connectivity index (χ0v) is 13.9. The van der Waals surface area contributed by atoms with Crippen molar-refractivity contribution in [3.63, 3.8) is 0 Å². The van der Waals surface area contributed by atoms with Gasteiger partial charge in [-0.25, -0.2) is 4.79 Å². The van der Waals surface area contributed by atoms with Crippen LogP contribution in [-0.2, 0) is 16.1 Å². The maximum Gasteiger partial charge on any atom is 0.346 e. The minimum atomic E-state index is -0.609. The van der Waals surface area contributed by atoms with Crippen molar-refractivity contribution in [2.24, 2.45) is 0 Å². The van der Waals surface area contributed by atoms with E-state index in [4.69, 9.17) is 4.74 Å². The second-order valence-electron chi connectivity index (χ2n) is 5.28. The monoisotopic (exact) mass is 313 g/mol. The number of carbonyl (C=O) groups is 1. The number of carbonyl (C=O) groups excluding carboxylic acids is 1. The molecule has 2 aromatic carbocycles. The molecule has 0 fully saturated rings. The van der Waals surface area contributed by atoms with Gasteiger partial charge in [0, 0.05) is 18.8 Å². The van der Waals surface area contributed by atoms with Crippen LogP contribution in [-0.4, -0.2) is 25.7 Å². The van der Waals surface area contributed by atoms with Crippen molar-refractivity contribution in [3.8, 4) is 5.75 Å². The molecule has 0 aliphatic carbocycles. The molecule has 0 saturated heterocycles. The first kappa shape index (κ1) is 16.9. The first-order valence-electron chi connectivity index (χ1n) is 7.77. The van der Waals surface area contributed by atoms with Gasteiger partial charge < -0.3 is 14.4 Å². The average Bonchev–Trinajstić information content (AvgIpc) is 2.61. The molecule has 4 heteroatoms. The zero-order chi connectivity index (χ0) is 16.7. The van der Waals surface area contributed by atoms with Gasteiger partial charge in [0.2, 0.25) is 0 Å². The number of para-hydroxylation sites is 1. The molecule has 0 aliphatic heterocycles. The van der Waals surface area contributed by atoms with E-state index in [1.165, 1.54) is 18.4 Å². The Hall–Kier alpha value is -2.49. The van der Waals surface area contributed by atoms with E-state index in [-0.39, 0.29) is 5.97 Å². The molecule has 0 spiro atoms. The SMILES string of the molecule is CCN(Cc1ccc(OC(C)C(=O)OC)cc1)c1ccccc1. The van der Waals surface area contributed by atoms with E-state index in [9.17, 15) is 4.79 Å². The lowest BCUT2D eigenvalue weighted by Crippen LogP contribution is -2.25. The van der Waals surface area contributed by atoms with E-state index in [1.54, 1.807) is 6.92 Å². The lowest BCUT2D eigenvalue weighted by molar-refractivity contribution is -0.147. The fourth-order valence-corrected chi connectivity index (χ4v) is 2.34. The van der Waals surface area contributed by atoms with Crippen LogP contribution in [0.5, 0.6) is 5.75 Å². The average molecular weight is 313 g/mol. The number of methoxy groups -OCH3 is 1. The van der Waals surface area contributed by atoms with Crippen LogP contribution in [0.15, 0.2) is 54.6 Å². The van der Waals surface area contributed by atoms with Crippen molar-refractivity contribution in [1.29, 1.82) is 0 Å². The summed E-state index contributed by atoms with van der Waals surface area (Å²) in [6, 6.07) is 18.1. The van der Waals surface area contributed by atoms with Gasteiger partial charge in [-0.2, -0.15) is 0 Å². The van der Waals surface area contributed by atoms with Gasteiger partial charge in [-0.05, 0) is 43.7 Å². The highest BCUT2D eigenvalue weighted by Gasteiger charge is 2.14. The fourth-order valence-electron chi connectivity index (χ4n) is 2.34. The summed E-state index contributed by atoms with van der Waals surface area (Å²) in [4.78, 5) is 13.7. The van der Waals surface area contributed by atoms with Crippen molar-refractivity contribution in [1.82, 2.24) is 0 Å². The van der Waals surface area contributed by atoms with Crippen molar-refractivity contribution in [2.75, 3.05) is 18.6 Å². The molecular formula is C19H23NO3. The second-order valence-corrected chi connectivity index (χ2v) is 5.28. The quantitative estimate of drug-likeness (QED) is 0.731. The van der Waals surface area contributed by atoms with Crippen molar-refractivity contribution in [2.45, 2.75) is 26.5 Å². The summed E-state index contributed by atoms with van der Waals surface area (Å²) in [5.41, 5.74) is 2.39. The van der Waals surface area contributed by atoms with E-state index in [2.05, 4.69) is 28.7 Å². The number of rotatable bonds is 7. The van der Waals surface area contributed by atoms with Crippen LogP contribution in [0, 0.1) is 0 Å². The van der Waals surface area contributed by atoms with Crippen LogP contribution in [0.25, 0.3) is 0 Å². The first-order valence-corrected chi connectivity index (χ1v) is 7.77. The summed E-state index contributed by atoms with van der Waals surface area (Å²) in [5.74, 6) is 0.282.